The van der Waals surface area contributed by atoms with Crippen LogP contribution >= 0.6 is 0 Å². The molecule has 1 saturated carbocycles. The molecule has 1 N–H and O–H groups in total. The van der Waals surface area contributed by atoms with E-state index in [2.05, 4.69) is 6.08 Å². The number of allylic oxidation sites excluding steroid dienone is 1. The van der Waals surface area contributed by atoms with Crippen molar-refractivity contribution in [1.29, 1.82) is 0 Å². The molecule has 25 heavy (non-hydrogen) atoms. The Morgan fingerprint density at radius 2 is 1.72 bits per heavy atom. The Balaban J connectivity index is 1.82. The largest absolute Gasteiger partial charge is 0.377 e. The third-order valence-corrected chi connectivity index (χ3v) is 5.41. The smallest absolute Gasteiger partial charge is 0.272 e. The Bertz CT molecular complexity index is 826. The molecule has 4 heteroatoms. The van der Waals surface area contributed by atoms with E-state index in [1.165, 1.54) is 12.5 Å². The first-order chi connectivity index (χ1) is 12.0. The van der Waals surface area contributed by atoms with Crippen LogP contribution in [0.5, 0.6) is 0 Å². The maximum Gasteiger partial charge on any atom is 0.272 e. The molecule has 0 aliphatic heterocycles. The van der Waals surface area contributed by atoms with Crippen molar-refractivity contribution in [2.45, 2.75) is 37.5 Å². The lowest BCUT2D eigenvalue weighted by Gasteiger charge is -2.29. The summed E-state index contributed by atoms with van der Waals surface area (Å²) < 4.78 is 40.8. The summed E-state index contributed by atoms with van der Waals surface area (Å²) in [5.74, 6) is 0.555. The van der Waals surface area contributed by atoms with Gasteiger partial charge in [0.15, 0.2) is 11.8 Å². The van der Waals surface area contributed by atoms with Gasteiger partial charge in [0.05, 0.1) is 0 Å². The molecule has 2 aromatic rings. The third-order valence-electron chi connectivity index (χ3n) is 5.41. The zero-order chi connectivity index (χ0) is 17.6. The Labute approximate surface area is 144 Å². The molecule has 130 valence electrons. The fourth-order valence-electron chi connectivity index (χ4n) is 3.77. The zero-order valence-corrected chi connectivity index (χ0v) is 13.6. The molecular formula is C21H19F3O. The summed E-state index contributed by atoms with van der Waals surface area (Å²) in [4.78, 5) is 0. The average Bonchev–Trinajstić information content (AvgIpc) is 2.83. The van der Waals surface area contributed by atoms with E-state index in [4.69, 9.17) is 0 Å². The van der Waals surface area contributed by atoms with Crippen molar-refractivity contribution < 1.29 is 18.3 Å². The molecule has 4 rings (SSSR count). The van der Waals surface area contributed by atoms with E-state index in [1.54, 1.807) is 30.3 Å². The summed E-state index contributed by atoms with van der Waals surface area (Å²) in [6, 6.07) is 11.9. The molecule has 0 radical (unpaired) electrons. The van der Waals surface area contributed by atoms with E-state index in [0.717, 1.165) is 18.4 Å². The first-order valence-electron chi connectivity index (χ1n) is 8.59. The number of aliphatic hydroxyl groups is 1. The van der Waals surface area contributed by atoms with Crippen molar-refractivity contribution in [3.05, 3.63) is 65.2 Å². The van der Waals surface area contributed by atoms with Gasteiger partial charge in [-0.3, -0.25) is 0 Å². The lowest BCUT2D eigenvalue weighted by atomic mass is 9.84. The highest BCUT2D eigenvalue weighted by Crippen LogP contribution is 2.51. The van der Waals surface area contributed by atoms with Crippen LogP contribution in [0, 0.1) is 5.92 Å². The second-order valence-corrected chi connectivity index (χ2v) is 6.90. The SMILES string of the molecule is OC1(C(F)C(F)F)c2ccccc2-c2ccc(/C=C/C3CCC3)cc21. The topological polar surface area (TPSA) is 20.2 Å². The molecule has 1 fully saturated rings. The van der Waals surface area contributed by atoms with Crippen molar-refractivity contribution in [2.24, 2.45) is 5.92 Å². The number of hydrogen-bond donors (Lipinski definition) is 1. The molecule has 2 atom stereocenters. The van der Waals surface area contributed by atoms with Crippen LogP contribution in [-0.4, -0.2) is 17.7 Å². The van der Waals surface area contributed by atoms with Gasteiger partial charge in [0, 0.05) is 0 Å². The van der Waals surface area contributed by atoms with Crippen LogP contribution in [-0.2, 0) is 5.60 Å². The Morgan fingerprint density at radius 3 is 2.40 bits per heavy atom. The van der Waals surface area contributed by atoms with E-state index in [1.807, 2.05) is 12.1 Å². The Kier molecular flexibility index (Phi) is 3.95. The molecule has 0 amide bonds. The summed E-state index contributed by atoms with van der Waals surface area (Å²) in [6.45, 7) is 0. The van der Waals surface area contributed by atoms with Gasteiger partial charge < -0.3 is 5.11 Å². The second kappa shape index (κ2) is 6.03. The maximum atomic E-state index is 14.5. The standard InChI is InChI=1S/C21H19F3O/c22-19(20(23)24)21(25)17-7-2-1-6-15(17)16-11-10-14(12-18(16)21)9-8-13-4-3-5-13/h1-2,6-13,19-20,25H,3-5H2/b9-8+. The second-order valence-electron chi connectivity index (χ2n) is 6.90. The van der Waals surface area contributed by atoms with Gasteiger partial charge in [0.25, 0.3) is 6.43 Å². The monoisotopic (exact) mass is 344 g/mol. The van der Waals surface area contributed by atoms with E-state index in [-0.39, 0.29) is 11.1 Å². The fraction of sp³-hybridized carbons (Fsp3) is 0.333. The maximum absolute atomic E-state index is 14.5. The van der Waals surface area contributed by atoms with Gasteiger partial charge in [-0.05, 0) is 52.6 Å². The van der Waals surface area contributed by atoms with Crippen LogP contribution in [0.1, 0.15) is 36.0 Å². The van der Waals surface area contributed by atoms with Crippen LogP contribution in [0.3, 0.4) is 0 Å². The predicted molar refractivity (Wildman–Crippen MR) is 92.2 cm³/mol. The van der Waals surface area contributed by atoms with Crippen molar-refractivity contribution in [3.63, 3.8) is 0 Å². The lowest BCUT2D eigenvalue weighted by molar-refractivity contribution is -0.0772. The Morgan fingerprint density at radius 1 is 1.00 bits per heavy atom. The molecular weight excluding hydrogens is 325 g/mol. The molecule has 0 heterocycles. The van der Waals surface area contributed by atoms with Gasteiger partial charge in [0.1, 0.15) is 0 Å². The minimum atomic E-state index is -3.27. The molecule has 2 unspecified atom stereocenters. The molecule has 0 aromatic heterocycles. The number of hydrogen-bond acceptors (Lipinski definition) is 1. The zero-order valence-electron chi connectivity index (χ0n) is 13.6. The number of rotatable bonds is 4. The summed E-state index contributed by atoms with van der Waals surface area (Å²) in [6.07, 6.45) is 1.64. The first kappa shape index (κ1) is 16.4. The highest BCUT2D eigenvalue weighted by atomic mass is 19.3. The van der Waals surface area contributed by atoms with Crippen molar-refractivity contribution >= 4 is 6.08 Å². The van der Waals surface area contributed by atoms with Crippen molar-refractivity contribution in [1.82, 2.24) is 0 Å². The molecule has 2 aliphatic rings. The van der Waals surface area contributed by atoms with Gasteiger partial charge >= 0.3 is 0 Å². The minimum Gasteiger partial charge on any atom is -0.377 e. The first-order valence-corrected chi connectivity index (χ1v) is 8.59. The van der Waals surface area contributed by atoms with Gasteiger partial charge in [-0.1, -0.05) is 55.0 Å². The van der Waals surface area contributed by atoms with Crippen LogP contribution < -0.4 is 0 Å². The number of halogens is 3. The van der Waals surface area contributed by atoms with E-state index in [9.17, 15) is 18.3 Å². The van der Waals surface area contributed by atoms with Crippen LogP contribution in [0.2, 0.25) is 0 Å². The van der Waals surface area contributed by atoms with Crippen molar-refractivity contribution in [3.8, 4) is 11.1 Å². The summed E-state index contributed by atoms with van der Waals surface area (Å²) in [5.41, 5.74) is 0.119. The minimum absolute atomic E-state index is 0.206. The quantitative estimate of drug-likeness (QED) is 0.796. The lowest BCUT2D eigenvalue weighted by Crippen LogP contribution is -2.40. The van der Waals surface area contributed by atoms with E-state index >= 15 is 0 Å². The highest BCUT2D eigenvalue weighted by Gasteiger charge is 2.51. The van der Waals surface area contributed by atoms with E-state index in [0.29, 0.717) is 17.0 Å². The number of alkyl halides is 3. The molecule has 1 nitrogen and oxygen atoms in total. The third kappa shape index (κ3) is 2.51. The van der Waals surface area contributed by atoms with Crippen LogP contribution in [0.25, 0.3) is 17.2 Å². The van der Waals surface area contributed by atoms with Crippen LogP contribution in [0.15, 0.2) is 48.5 Å². The molecule has 0 spiro atoms. The molecule has 0 saturated heterocycles. The average molecular weight is 344 g/mol. The predicted octanol–water partition coefficient (Wildman–Crippen LogP) is 5.32. The molecule has 2 aliphatic carbocycles. The molecule has 0 bridgehead atoms. The van der Waals surface area contributed by atoms with Gasteiger partial charge in [0.2, 0.25) is 0 Å². The van der Waals surface area contributed by atoms with Gasteiger partial charge in [-0.25, -0.2) is 13.2 Å². The summed E-state index contributed by atoms with van der Waals surface area (Å²) >= 11 is 0. The summed E-state index contributed by atoms with van der Waals surface area (Å²) in [7, 11) is 0. The number of benzene rings is 2. The van der Waals surface area contributed by atoms with Crippen LogP contribution in [0.4, 0.5) is 13.2 Å². The summed E-state index contributed by atoms with van der Waals surface area (Å²) in [5, 5.41) is 11.0. The van der Waals surface area contributed by atoms with E-state index < -0.39 is 18.2 Å². The normalized spacial score (nSPS) is 23.6. The fourth-order valence-corrected chi connectivity index (χ4v) is 3.77. The molecule has 2 aromatic carbocycles. The highest BCUT2D eigenvalue weighted by molar-refractivity contribution is 5.81. The Hall–Kier alpha value is -2.07. The number of fused-ring (bicyclic) bond motifs is 3. The van der Waals surface area contributed by atoms with Gasteiger partial charge in [-0.2, -0.15) is 0 Å². The van der Waals surface area contributed by atoms with Gasteiger partial charge in [-0.15, -0.1) is 0 Å². The van der Waals surface area contributed by atoms with Crippen molar-refractivity contribution in [2.75, 3.05) is 0 Å².